The Labute approximate surface area is 82.8 Å². The predicted octanol–water partition coefficient (Wildman–Crippen LogP) is 0.805. The first-order valence-electron chi connectivity index (χ1n) is 3.91. The molecule has 3 N–H and O–H groups in total. The second-order valence-electron chi connectivity index (χ2n) is 2.85. The standard InChI is InChI=1S/C8H12N2O3S/c1-9-7-4-3-6(11)5-8(7)10-14(2,12)13/h3-5,9-11H,1-2H3. The molecule has 0 unspecified atom stereocenters. The van der Waals surface area contributed by atoms with Crippen molar-refractivity contribution in [3.63, 3.8) is 0 Å². The fraction of sp³-hybridized carbons (Fsp3) is 0.250. The van der Waals surface area contributed by atoms with Gasteiger partial charge in [0.25, 0.3) is 0 Å². The van der Waals surface area contributed by atoms with Gasteiger partial charge in [-0.3, -0.25) is 4.72 Å². The van der Waals surface area contributed by atoms with E-state index in [0.29, 0.717) is 11.4 Å². The van der Waals surface area contributed by atoms with Crippen LogP contribution in [0.4, 0.5) is 11.4 Å². The van der Waals surface area contributed by atoms with Crippen LogP contribution >= 0.6 is 0 Å². The average Bonchev–Trinajstić information content (AvgIpc) is 2.01. The summed E-state index contributed by atoms with van der Waals surface area (Å²) in [5, 5.41) is 12.0. The van der Waals surface area contributed by atoms with Crippen molar-refractivity contribution in [2.24, 2.45) is 0 Å². The normalized spacial score (nSPS) is 11.0. The minimum atomic E-state index is -3.33. The third kappa shape index (κ3) is 2.81. The van der Waals surface area contributed by atoms with Crippen LogP contribution in [-0.4, -0.2) is 26.8 Å². The van der Waals surface area contributed by atoms with Crippen LogP contribution in [0.2, 0.25) is 0 Å². The van der Waals surface area contributed by atoms with E-state index in [9.17, 15) is 8.42 Å². The molecular formula is C8H12N2O3S. The smallest absolute Gasteiger partial charge is 0.229 e. The second-order valence-corrected chi connectivity index (χ2v) is 4.60. The zero-order chi connectivity index (χ0) is 10.8. The van der Waals surface area contributed by atoms with Gasteiger partial charge in [0, 0.05) is 13.1 Å². The SMILES string of the molecule is CNc1ccc(O)cc1NS(C)(=O)=O. The van der Waals surface area contributed by atoms with Crippen LogP contribution in [0.5, 0.6) is 5.75 Å². The van der Waals surface area contributed by atoms with Gasteiger partial charge in [0.2, 0.25) is 10.0 Å². The summed E-state index contributed by atoms with van der Waals surface area (Å²) in [6, 6.07) is 4.40. The number of phenolic OH excluding ortho intramolecular Hbond substituents is 1. The lowest BCUT2D eigenvalue weighted by atomic mass is 10.2. The lowest BCUT2D eigenvalue weighted by molar-refractivity contribution is 0.476. The molecule has 0 aromatic heterocycles. The fourth-order valence-electron chi connectivity index (χ4n) is 1.03. The molecule has 6 heteroatoms. The molecule has 0 heterocycles. The molecule has 0 saturated carbocycles. The molecule has 0 fully saturated rings. The van der Waals surface area contributed by atoms with Crippen LogP contribution in [-0.2, 0) is 10.0 Å². The lowest BCUT2D eigenvalue weighted by Gasteiger charge is -2.10. The van der Waals surface area contributed by atoms with Crippen molar-refractivity contribution in [1.82, 2.24) is 0 Å². The number of hydrogen-bond donors (Lipinski definition) is 3. The van der Waals surface area contributed by atoms with Crippen LogP contribution in [0.3, 0.4) is 0 Å². The molecule has 78 valence electrons. The van der Waals surface area contributed by atoms with E-state index in [1.807, 2.05) is 0 Å². The van der Waals surface area contributed by atoms with E-state index in [-0.39, 0.29) is 5.75 Å². The van der Waals surface area contributed by atoms with E-state index in [1.54, 1.807) is 13.1 Å². The highest BCUT2D eigenvalue weighted by Crippen LogP contribution is 2.26. The number of hydrogen-bond acceptors (Lipinski definition) is 4. The van der Waals surface area contributed by atoms with E-state index in [2.05, 4.69) is 10.0 Å². The molecule has 14 heavy (non-hydrogen) atoms. The van der Waals surface area contributed by atoms with Crippen molar-refractivity contribution in [1.29, 1.82) is 0 Å². The monoisotopic (exact) mass is 216 g/mol. The molecular weight excluding hydrogens is 204 g/mol. The summed E-state index contributed by atoms with van der Waals surface area (Å²) in [6.07, 6.45) is 1.05. The highest BCUT2D eigenvalue weighted by molar-refractivity contribution is 7.92. The molecule has 1 aromatic carbocycles. The summed E-state index contributed by atoms with van der Waals surface area (Å²) in [6.45, 7) is 0. The molecule has 0 radical (unpaired) electrons. The Bertz CT molecular complexity index is 428. The van der Waals surface area contributed by atoms with Gasteiger partial charge >= 0.3 is 0 Å². The predicted molar refractivity (Wildman–Crippen MR) is 56.1 cm³/mol. The van der Waals surface area contributed by atoms with Crippen LogP contribution < -0.4 is 10.0 Å². The summed E-state index contributed by atoms with van der Waals surface area (Å²) in [7, 11) is -1.66. The van der Waals surface area contributed by atoms with Crippen molar-refractivity contribution < 1.29 is 13.5 Å². The summed E-state index contributed by atoms with van der Waals surface area (Å²) in [4.78, 5) is 0. The summed E-state index contributed by atoms with van der Waals surface area (Å²) in [5.41, 5.74) is 0.934. The Morgan fingerprint density at radius 3 is 2.43 bits per heavy atom. The van der Waals surface area contributed by atoms with Gasteiger partial charge in [0.1, 0.15) is 5.75 Å². The number of sulfonamides is 1. The molecule has 1 rings (SSSR count). The molecule has 0 aliphatic carbocycles. The first-order valence-corrected chi connectivity index (χ1v) is 5.80. The Hall–Kier alpha value is -1.43. The molecule has 0 aliphatic rings. The molecule has 0 atom stereocenters. The zero-order valence-corrected chi connectivity index (χ0v) is 8.72. The highest BCUT2D eigenvalue weighted by Gasteiger charge is 2.06. The molecule has 5 nitrogen and oxygen atoms in total. The van der Waals surface area contributed by atoms with Gasteiger partial charge in [-0.2, -0.15) is 0 Å². The molecule has 0 aliphatic heterocycles. The number of phenols is 1. The minimum absolute atomic E-state index is 0.00940. The second kappa shape index (κ2) is 3.75. The molecule has 0 saturated heterocycles. The highest BCUT2D eigenvalue weighted by atomic mass is 32.2. The summed E-state index contributed by atoms with van der Waals surface area (Å²) < 4.78 is 24.2. The maximum atomic E-state index is 11.0. The van der Waals surface area contributed by atoms with Crippen LogP contribution in [0.1, 0.15) is 0 Å². The van der Waals surface area contributed by atoms with E-state index in [0.717, 1.165) is 6.26 Å². The summed E-state index contributed by atoms with van der Waals surface area (Å²) in [5.74, 6) is 0.00940. The van der Waals surface area contributed by atoms with E-state index < -0.39 is 10.0 Å². The third-order valence-corrected chi connectivity index (χ3v) is 2.16. The van der Waals surface area contributed by atoms with Crippen LogP contribution in [0.25, 0.3) is 0 Å². The first kappa shape index (κ1) is 10.6. The maximum absolute atomic E-state index is 11.0. The van der Waals surface area contributed by atoms with Crippen molar-refractivity contribution in [3.8, 4) is 5.75 Å². The minimum Gasteiger partial charge on any atom is -0.508 e. The van der Waals surface area contributed by atoms with E-state index in [4.69, 9.17) is 5.11 Å². The Morgan fingerprint density at radius 2 is 1.93 bits per heavy atom. The van der Waals surface area contributed by atoms with Gasteiger partial charge in [-0.1, -0.05) is 0 Å². The topological polar surface area (TPSA) is 78.4 Å². The number of nitrogens with one attached hydrogen (secondary N) is 2. The average molecular weight is 216 g/mol. The van der Waals surface area contributed by atoms with Gasteiger partial charge in [-0.15, -0.1) is 0 Å². The fourth-order valence-corrected chi connectivity index (χ4v) is 1.60. The van der Waals surface area contributed by atoms with Gasteiger partial charge < -0.3 is 10.4 Å². The van der Waals surface area contributed by atoms with Crippen molar-refractivity contribution in [2.75, 3.05) is 23.3 Å². The largest absolute Gasteiger partial charge is 0.508 e. The van der Waals surface area contributed by atoms with Gasteiger partial charge in [0.05, 0.1) is 17.6 Å². The lowest BCUT2D eigenvalue weighted by Crippen LogP contribution is -2.10. The Kier molecular flexibility index (Phi) is 2.85. The van der Waals surface area contributed by atoms with Crippen molar-refractivity contribution in [3.05, 3.63) is 18.2 Å². The van der Waals surface area contributed by atoms with Crippen LogP contribution in [0.15, 0.2) is 18.2 Å². The Morgan fingerprint density at radius 1 is 1.29 bits per heavy atom. The molecule has 0 amide bonds. The first-order chi connectivity index (χ1) is 6.42. The zero-order valence-electron chi connectivity index (χ0n) is 7.90. The summed E-state index contributed by atoms with van der Waals surface area (Å²) >= 11 is 0. The van der Waals surface area contributed by atoms with Gasteiger partial charge in [-0.25, -0.2) is 8.42 Å². The van der Waals surface area contributed by atoms with Crippen molar-refractivity contribution in [2.45, 2.75) is 0 Å². The number of benzene rings is 1. The van der Waals surface area contributed by atoms with Crippen LogP contribution in [0, 0.1) is 0 Å². The van der Waals surface area contributed by atoms with E-state index in [1.165, 1.54) is 12.1 Å². The van der Waals surface area contributed by atoms with Crippen molar-refractivity contribution >= 4 is 21.4 Å². The molecule has 0 bridgehead atoms. The Balaban J connectivity index is 3.11. The van der Waals surface area contributed by atoms with Gasteiger partial charge in [-0.05, 0) is 12.1 Å². The number of anilines is 2. The van der Waals surface area contributed by atoms with Gasteiger partial charge in [0.15, 0.2) is 0 Å². The number of rotatable bonds is 3. The number of aromatic hydroxyl groups is 1. The quantitative estimate of drug-likeness (QED) is 0.653. The third-order valence-electron chi connectivity index (χ3n) is 1.57. The molecule has 0 spiro atoms. The maximum Gasteiger partial charge on any atom is 0.229 e. The van der Waals surface area contributed by atoms with E-state index >= 15 is 0 Å². The molecule has 1 aromatic rings.